The zero-order valence-corrected chi connectivity index (χ0v) is 12.1. The lowest BCUT2D eigenvalue weighted by Gasteiger charge is -2.41. The predicted octanol–water partition coefficient (Wildman–Crippen LogP) is 3.33. The summed E-state index contributed by atoms with van der Waals surface area (Å²) in [5.74, 6) is 0.583. The second kappa shape index (κ2) is 6.02. The van der Waals surface area contributed by atoms with Gasteiger partial charge in [-0.25, -0.2) is 4.39 Å². The van der Waals surface area contributed by atoms with E-state index in [2.05, 4.69) is 25.8 Å². The molecule has 19 heavy (non-hydrogen) atoms. The number of nitrogens with zero attached hydrogens (tertiary/aromatic N) is 1. The van der Waals surface area contributed by atoms with Gasteiger partial charge in [0, 0.05) is 23.7 Å². The smallest absolute Gasteiger partial charge is 0.127 e. The van der Waals surface area contributed by atoms with Crippen LogP contribution in [0, 0.1) is 11.7 Å². The highest BCUT2D eigenvalue weighted by molar-refractivity contribution is 5.21. The normalized spacial score (nSPS) is 29.5. The number of likely N-dealkylation sites (N-methyl/N-ethyl adjacent to an activating group) is 1. The molecule has 2 rings (SSSR count). The number of hydrogen-bond donors (Lipinski definition) is 1. The van der Waals surface area contributed by atoms with Crippen molar-refractivity contribution >= 4 is 0 Å². The predicted molar refractivity (Wildman–Crippen MR) is 77.4 cm³/mol. The van der Waals surface area contributed by atoms with Crippen LogP contribution in [0.1, 0.15) is 44.7 Å². The van der Waals surface area contributed by atoms with Crippen LogP contribution in [0.2, 0.25) is 0 Å². The van der Waals surface area contributed by atoms with Crippen LogP contribution in [0.5, 0.6) is 0 Å². The highest BCUT2D eigenvalue weighted by atomic mass is 19.1. The minimum absolute atomic E-state index is 0.0579. The molecule has 0 saturated heterocycles. The van der Waals surface area contributed by atoms with Gasteiger partial charge in [-0.05, 0) is 45.2 Å². The Labute approximate surface area is 115 Å². The fourth-order valence-corrected chi connectivity index (χ4v) is 3.16. The van der Waals surface area contributed by atoms with Crippen molar-refractivity contribution in [1.29, 1.82) is 0 Å². The third-order valence-electron chi connectivity index (χ3n) is 4.62. The molecule has 0 heterocycles. The van der Waals surface area contributed by atoms with Crippen molar-refractivity contribution in [3.63, 3.8) is 0 Å². The largest absolute Gasteiger partial charge is 0.326 e. The molecule has 1 aliphatic carbocycles. The third kappa shape index (κ3) is 3.15. The van der Waals surface area contributed by atoms with Gasteiger partial charge in [-0.2, -0.15) is 0 Å². The van der Waals surface area contributed by atoms with Gasteiger partial charge in [-0.1, -0.05) is 25.1 Å². The highest BCUT2D eigenvalue weighted by Gasteiger charge is 2.31. The Balaban J connectivity index is 2.14. The molecule has 106 valence electrons. The van der Waals surface area contributed by atoms with Gasteiger partial charge >= 0.3 is 0 Å². The monoisotopic (exact) mass is 264 g/mol. The van der Waals surface area contributed by atoms with Gasteiger partial charge in [0.1, 0.15) is 5.82 Å². The Bertz CT molecular complexity index is 421. The van der Waals surface area contributed by atoms with Gasteiger partial charge in [-0.15, -0.1) is 0 Å². The molecule has 4 unspecified atom stereocenters. The lowest BCUT2D eigenvalue weighted by atomic mass is 9.82. The minimum Gasteiger partial charge on any atom is -0.326 e. The highest BCUT2D eigenvalue weighted by Crippen LogP contribution is 2.31. The molecule has 1 fully saturated rings. The molecule has 2 N–H and O–H groups in total. The molecule has 0 spiro atoms. The summed E-state index contributed by atoms with van der Waals surface area (Å²) in [6, 6.07) is 7.64. The van der Waals surface area contributed by atoms with E-state index in [1.165, 1.54) is 12.5 Å². The van der Waals surface area contributed by atoms with Gasteiger partial charge < -0.3 is 5.73 Å². The lowest BCUT2D eigenvalue weighted by Crippen LogP contribution is -2.50. The Kier molecular flexibility index (Phi) is 4.58. The van der Waals surface area contributed by atoms with Crippen LogP contribution < -0.4 is 5.73 Å². The molecular formula is C16H25FN2. The van der Waals surface area contributed by atoms with E-state index < -0.39 is 0 Å². The SMILES string of the molecule is CC1CCC(N)C(N(C)C(C)c2ccccc2F)C1. The van der Waals surface area contributed by atoms with Crippen LogP contribution in [-0.4, -0.2) is 24.0 Å². The summed E-state index contributed by atoms with van der Waals surface area (Å²) in [4.78, 5) is 2.25. The molecular weight excluding hydrogens is 239 g/mol. The summed E-state index contributed by atoms with van der Waals surface area (Å²) in [6.07, 6.45) is 3.39. The maximum atomic E-state index is 13.9. The number of nitrogens with two attached hydrogens (primary N) is 1. The first-order chi connectivity index (χ1) is 9.00. The second-order valence-electron chi connectivity index (χ2n) is 6.01. The van der Waals surface area contributed by atoms with E-state index in [0.29, 0.717) is 12.0 Å². The summed E-state index contributed by atoms with van der Waals surface area (Å²) in [5.41, 5.74) is 7.02. The molecule has 2 nitrogen and oxygen atoms in total. The van der Waals surface area contributed by atoms with Crippen molar-refractivity contribution in [1.82, 2.24) is 4.90 Å². The third-order valence-corrected chi connectivity index (χ3v) is 4.62. The van der Waals surface area contributed by atoms with E-state index in [0.717, 1.165) is 18.4 Å². The molecule has 3 heteroatoms. The molecule has 1 aliphatic rings. The average Bonchev–Trinajstić information content (AvgIpc) is 2.40. The molecule has 0 aliphatic heterocycles. The molecule has 1 aromatic carbocycles. The van der Waals surface area contributed by atoms with Crippen LogP contribution in [0.4, 0.5) is 4.39 Å². The molecule has 1 aromatic rings. The first-order valence-corrected chi connectivity index (χ1v) is 7.22. The van der Waals surface area contributed by atoms with Gasteiger partial charge in [0.15, 0.2) is 0 Å². The van der Waals surface area contributed by atoms with Crippen LogP contribution in [0.3, 0.4) is 0 Å². The Morgan fingerprint density at radius 3 is 2.68 bits per heavy atom. The first kappa shape index (κ1) is 14.5. The van der Waals surface area contributed by atoms with Crippen LogP contribution >= 0.6 is 0 Å². The maximum absolute atomic E-state index is 13.9. The maximum Gasteiger partial charge on any atom is 0.127 e. The summed E-state index contributed by atoms with van der Waals surface area (Å²) in [5, 5.41) is 0. The number of rotatable bonds is 3. The van der Waals surface area contributed by atoms with Gasteiger partial charge in [0.05, 0.1) is 0 Å². The van der Waals surface area contributed by atoms with Crippen LogP contribution in [0.25, 0.3) is 0 Å². The van der Waals surface area contributed by atoms with Gasteiger partial charge in [0.25, 0.3) is 0 Å². The molecule has 0 radical (unpaired) electrons. The summed E-state index contributed by atoms with van der Waals surface area (Å²) >= 11 is 0. The van der Waals surface area contributed by atoms with Crippen molar-refractivity contribution in [2.75, 3.05) is 7.05 Å². The Hall–Kier alpha value is -0.930. The van der Waals surface area contributed by atoms with Crippen LogP contribution in [0.15, 0.2) is 24.3 Å². The quantitative estimate of drug-likeness (QED) is 0.907. The van der Waals surface area contributed by atoms with E-state index in [1.807, 2.05) is 12.1 Å². The summed E-state index contributed by atoms with van der Waals surface area (Å²) in [7, 11) is 2.07. The number of halogens is 1. The Morgan fingerprint density at radius 2 is 2.00 bits per heavy atom. The van der Waals surface area contributed by atoms with E-state index in [4.69, 9.17) is 5.73 Å². The zero-order chi connectivity index (χ0) is 14.0. The Morgan fingerprint density at radius 1 is 1.32 bits per heavy atom. The fraction of sp³-hybridized carbons (Fsp3) is 0.625. The fourth-order valence-electron chi connectivity index (χ4n) is 3.16. The van der Waals surface area contributed by atoms with Gasteiger partial charge in [0.2, 0.25) is 0 Å². The van der Waals surface area contributed by atoms with E-state index in [9.17, 15) is 4.39 Å². The topological polar surface area (TPSA) is 29.3 Å². The second-order valence-corrected chi connectivity index (χ2v) is 6.01. The lowest BCUT2D eigenvalue weighted by molar-refractivity contribution is 0.106. The summed E-state index contributed by atoms with van der Waals surface area (Å²) in [6.45, 7) is 4.34. The van der Waals surface area contributed by atoms with E-state index >= 15 is 0 Å². The van der Waals surface area contributed by atoms with Crippen molar-refractivity contribution in [3.8, 4) is 0 Å². The minimum atomic E-state index is -0.126. The molecule has 1 saturated carbocycles. The summed E-state index contributed by atoms with van der Waals surface area (Å²) < 4.78 is 13.9. The first-order valence-electron chi connectivity index (χ1n) is 7.22. The van der Waals surface area contributed by atoms with Crippen molar-refractivity contribution in [2.45, 2.75) is 51.2 Å². The van der Waals surface area contributed by atoms with Gasteiger partial charge in [-0.3, -0.25) is 4.90 Å². The van der Waals surface area contributed by atoms with Crippen molar-refractivity contribution in [3.05, 3.63) is 35.6 Å². The zero-order valence-electron chi connectivity index (χ0n) is 12.1. The number of hydrogen-bond acceptors (Lipinski definition) is 2. The van der Waals surface area contributed by atoms with Crippen LogP contribution in [-0.2, 0) is 0 Å². The molecule has 4 atom stereocenters. The average molecular weight is 264 g/mol. The van der Waals surface area contributed by atoms with E-state index in [1.54, 1.807) is 6.07 Å². The number of benzene rings is 1. The van der Waals surface area contributed by atoms with Crippen molar-refractivity contribution in [2.24, 2.45) is 11.7 Å². The molecule has 0 bridgehead atoms. The van der Waals surface area contributed by atoms with Crippen molar-refractivity contribution < 1.29 is 4.39 Å². The van der Waals surface area contributed by atoms with E-state index in [-0.39, 0.29) is 17.9 Å². The molecule has 0 amide bonds. The molecule has 0 aromatic heterocycles. The standard InChI is InChI=1S/C16H25FN2/c1-11-8-9-15(18)16(10-11)19(3)12(2)13-6-4-5-7-14(13)17/h4-7,11-12,15-16H,8-10,18H2,1-3H3.